The quantitative estimate of drug-likeness (QED) is 0.720. The highest BCUT2D eigenvalue weighted by atomic mass is 16.6. The predicted octanol–water partition coefficient (Wildman–Crippen LogP) is 1.64. The van der Waals surface area contributed by atoms with Crippen molar-refractivity contribution in [3.8, 4) is 11.3 Å². The summed E-state index contributed by atoms with van der Waals surface area (Å²) in [6.07, 6.45) is 9.41. The minimum atomic E-state index is 0.397. The Balaban J connectivity index is 1.42. The zero-order valence-electron chi connectivity index (χ0n) is 13.5. The van der Waals surface area contributed by atoms with E-state index in [-0.39, 0.29) is 0 Å². The van der Waals surface area contributed by atoms with Gasteiger partial charge >= 0.3 is 0 Å². The molecule has 1 fully saturated rings. The molecular weight excluding hydrogens is 306 g/mol. The summed E-state index contributed by atoms with van der Waals surface area (Å²) in [6, 6.07) is 1.94. The monoisotopic (exact) mass is 325 g/mol. The number of hydrogen-bond donors (Lipinski definition) is 0. The topological polar surface area (TPSA) is 85.8 Å². The summed E-state index contributed by atoms with van der Waals surface area (Å²) in [5.74, 6) is 1.33. The van der Waals surface area contributed by atoms with Crippen LogP contribution in [0.4, 0.5) is 0 Å². The van der Waals surface area contributed by atoms with Gasteiger partial charge in [0, 0.05) is 37.5 Å². The van der Waals surface area contributed by atoms with Gasteiger partial charge in [-0.15, -0.1) is 0 Å². The van der Waals surface area contributed by atoms with Crippen molar-refractivity contribution >= 4 is 0 Å². The van der Waals surface area contributed by atoms with Crippen LogP contribution in [-0.2, 0) is 13.6 Å². The van der Waals surface area contributed by atoms with E-state index < -0.39 is 0 Å². The molecule has 4 rings (SSSR count). The molecule has 0 N–H and O–H groups in total. The molecule has 3 aromatic heterocycles. The third-order valence-electron chi connectivity index (χ3n) is 4.42. The smallest absolute Gasteiger partial charge is 0.132 e. The molecule has 1 aliphatic heterocycles. The fraction of sp³-hybridized carbons (Fsp3) is 0.438. The normalized spacial score (nSPS) is 16.5. The molecule has 1 aliphatic rings. The first-order chi connectivity index (χ1) is 11.8. The maximum absolute atomic E-state index is 4.76. The Morgan fingerprint density at radius 2 is 2.12 bits per heavy atom. The summed E-state index contributed by atoms with van der Waals surface area (Å²) in [7, 11) is 1.91. The molecule has 124 valence electrons. The molecule has 0 bridgehead atoms. The predicted molar refractivity (Wildman–Crippen MR) is 85.8 cm³/mol. The minimum Gasteiger partial charge on any atom is -0.297 e. The molecule has 8 heteroatoms. The van der Waals surface area contributed by atoms with Crippen molar-refractivity contribution in [3.05, 3.63) is 42.4 Å². The van der Waals surface area contributed by atoms with Crippen LogP contribution in [0, 0.1) is 0 Å². The van der Waals surface area contributed by atoms with Gasteiger partial charge in [-0.05, 0) is 32.0 Å². The number of likely N-dealkylation sites (tertiary alicyclic amines) is 1. The Kier molecular flexibility index (Phi) is 4.04. The van der Waals surface area contributed by atoms with Crippen molar-refractivity contribution in [2.24, 2.45) is 7.05 Å². The van der Waals surface area contributed by atoms with E-state index in [1.54, 1.807) is 10.9 Å². The van der Waals surface area contributed by atoms with E-state index in [1.165, 1.54) is 0 Å². The van der Waals surface area contributed by atoms with Crippen molar-refractivity contribution in [1.29, 1.82) is 0 Å². The van der Waals surface area contributed by atoms with Crippen molar-refractivity contribution in [3.63, 3.8) is 0 Å². The first-order valence-electron chi connectivity index (χ1n) is 8.09. The number of aryl methyl sites for hydroxylation is 1. The lowest BCUT2D eigenvalue weighted by Crippen LogP contribution is -2.33. The molecule has 0 aliphatic carbocycles. The Morgan fingerprint density at radius 3 is 2.83 bits per heavy atom. The molecule has 0 amide bonds. The summed E-state index contributed by atoms with van der Waals surface area (Å²) in [5, 5.41) is 11.7. The summed E-state index contributed by atoms with van der Waals surface area (Å²) < 4.78 is 6.44. The summed E-state index contributed by atoms with van der Waals surface area (Å²) in [4.78, 5) is 11.6. The molecule has 0 atom stereocenters. The maximum Gasteiger partial charge on any atom is 0.132 e. The first kappa shape index (κ1) is 14.9. The summed E-state index contributed by atoms with van der Waals surface area (Å²) >= 11 is 0. The van der Waals surface area contributed by atoms with E-state index in [2.05, 4.69) is 29.9 Å². The number of rotatable bonds is 4. The molecule has 24 heavy (non-hydrogen) atoms. The van der Waals surface area contributed by atoms with Gasteiger partial charge < -0.3 is 0 Å². The van der Waals surface area contributed by atoms with E-state index in [0.717, 1.165) is 55.3 Å². The van der Waals surface area contributed by atoms with Gasteiger partial charge in [-0.2, -0.15) is 5.10 Å². The van der Waals surface area contributed by atoms with Gasteiger partial charge in [0.15, 0.2) is 0 Å². The average Bonchev–Trinajstić information content (AvgIpc) is 3.27. The molecule has 0 spiro atoms. The van der Waals surface area contributed by atoms with E-state index in [0.29, 0.717) is 5.92 Å². The lowest BCUT2D eigenvalue weighted by Gasteiger charge is -2.30. The van der Waals surface area contributed by atoms with Crippen LogP contribution < -0.4 is 0 Å². The maximum atomic E-state index is 4.76. The lowest BCUT2D eigenvalue weighted by atomic mass is 9.95. The summed E-state index contributed by atoms with van der Waals surface area (Å²) in [5.41, 5.74) is 2.84. The fourth-order valence-corrected chi connectivity index (χ4v) is 3.12. The Hall–Kier alpha value is -2.61. The first-order valence-corrected chi connectivity index (χ1v) is 8.09. The number of aromatic nitrogens is 6. The number of piperidine rings is 1. The van der Waals surface area contributed by atoms with Crippen LogP contribution in [0.2, 0.25) is 0 Å². The van der Waals surface area contributed by atoms with Crippen molar-refractivity contribution < 1.29 is 4.63 Å². The van der Waals surface area contributed by atoms with E-state index in [4.69, 9.17) is 4.98 Å². The van der Waals surface area contributed by atoms with Gasteiger partial charge in [0.05, 0.1) is 18.1 Å². The second kappa shape index (κ2) is 6.48. The molecule has 4 heterocycles. The second-order valence-electron chi connectivity index (χ2n) is 6.15. The highest BCUT2D eigenvalue weighted by Gasteiger charge is 2.23. The van der Waals surface area contributed by atoms with Crippen LogP contribution >= 0.6 is 0 Å². The van der Waals surface area contributed by atoms with Crippen LogP contribution in [0.15, 0.2) is 35.5 Å². The highest BCUT2D eigenvalue weighted by Crippen LogP contribution is 2.27. The minimum absolute atomic E-state index is 0.397. The molecule has 0 saturated carbocycles. The molecular formula is C16H19N7O. The lowest BCUT2D eigenvalue weighted by molar-refractivity contribution is 0.195. The van der Waals surface area contributed by atoms with Crippen molar-refractivity contribution in [2.45, 2.75) is 25.3 Å². The molecule has 8 nitrogen and oxygen atoms in total. The molecule has 0 unspecified atom stereocenters. The molecule has 3 aromatic rings. The molecule has 0 aromatic carbocycles. The Bertz CT molecular complexity index is 790. The van der Waals surface area contributed by atoms with Gasteiger partial charge in [-0.25, -0.2) is 14.6 Å². The van der Waals surface area contributed by atoms with Crippen LogP contribution in [0.3, 0.4) is 0 Å². The van der Waals surface area contributed by atoms with Crippen LogP contribution in [0.5, 0.6) is 0 Å². The zero-order chi connectivity index (χ0) is 16.4. The van der Waals surface area contributed by atoms with E-state index >= 15 is 0 Å². The van der Waals surface area contributed by atoms with Crippen molar-refractivity contribution in [2.75, 3.05) is 13.1 Å². The van der Waals surface area contributed by atoms with Gasteiger partial charge in [-0.1, -0.05) is 10.3 Å². The highest BCUT2D eigenvalue weighted by molar-refractivity contribution is 5.56. The standard InChI is InChI=1S/C16H19N7O/c1-22-10-13(8-18-22)15-2-5-17-16(20-15)12-3-6-23(7-4-12)11-14-9-19-24-21-14/h2,5,8-10,12H,3-4,6-7,11H2,1H3. The van der Waals surface area contributed by atoms with Crippen molar-refractivity contribution in [1.82, 2.24) is 35.0 Å². The third-order valence-corrected chi connectivity index (χ3v) is 4.42. The molecule has 1 saturated heterocycles. The zero-order valence-corrected chi connectivity index (χ0v) is 13.5. The number of hydrogen-bond acceptors (Lipinski definition) is 7. The van der Waals surface area contributed by atoms with Crippen LogP contribution in [0.1, 0.15) is 30.3 Å². The third kappa shape index (κ3) is 3.18. The van der Waals surface area contributed by atoms with E-state index in [9.17, 15) is 0 Å². The van der Waals surface area contributed by atoms with Crippen LogP contribution in [0.25, 0.3) is 11.3 Å². The van der Waals surface area contributed by atoms with E-state index in [1.807, 2.05) is 31.7 Å². The van der Waals surface area contributed by atoms with Gasteiger partial charge in [0.1, 0.15) is 11.5 Å². The average molecular weight is 325 g/mol. The SMILES string of the molecule is Cn1cc(-c2ccnc(C3CCN(Cc4cnon4)CC3)n2)cn1. The molecule has 0 radical (unpaired) electrons. The van der Waals surface area contributed by atoms with Crippen LogP contribution in [-0.4, -0.2) is 48.1 Å². The summed E-state index contributed by atoms with van der Waals surface area (Å²) in [6.45, 7) is 2.78. The Morgan fingerprint density at radius 1 is 1.25 bits per heavy atom. The second-order valence-corrected chi connectivity index (χ2v) is 6.15. The number of nitrogens with zero attached hydrogens (tertiary/aromatic N) is 7. The van der Waals surface area contributed by atoms with Gasteiger partial charge in [0.2, 0.25) is 0 Å². The largest absolute Gasteiger partial charge is 0.297 e. The van der Waals surface area contributed by atoms with Gasteiger partial charge in [0.25, 0.3) is 0 Å². The van der Waals surface area contributed by atoms with Gasteiger partial charge in [-0.3, -0.25) is 9.58 Å². The Labute approximate surface area is 139 Å². The fourth-order valence-electron chi connectivity index (χ4n) is 3.12.